The van der Waals surface area contributed by atoms with E-state index in [-0.39, 0.29) is 0 Å². The first kappa shape index (κ1) is 32.2. The van der Waals surface area contributed by atoms with Gasteiger partial charge >= 0.3 is 0 Å². The molecule has 13 rings (SSSR count). The highest BCUT2D eigenvalue weighted by atomic mass is 16.3. The zero-order chi connectivity index (χ0) is 38.6. The molecule has 274 valence electrons. The smallest absolute Gasteiger partial charge is 0.136 e. The van der Waals surface area contributed by atoms with E-state index in [0.717, 1.165) is 44.4 Å². The largest absolute Gasteiger partial charge is 0.456 e. The summed E-state index contributed by atoms with van der Waals surface area (Å²) in [6.45, 7) is 0. The molecule has 0 radical (unpaired) electrons. The van der Waals surface area contributed by atoms with E-state index in [1.807, 2.05) is 0 Å². The number of benzene rings is 10. The van der Waals surface area contributed by atoms with E-state index >= 15 is 0 Å². The lowest BCUT2D eigenvalue weighted by atomic mass is 9.91. The monoisotopic (exact) mass is 750 g/mol. The van der Waals surface area contributed by atoms with E-state index < -0.39 is 0 Å². The Balaban J connectivity index is 1.04. The summed E-state index contributed by atoms with van der Waals surface area (Å²) >= 11 is 0. The Morgan fingerprint density at radius 3 is 1.07 bits per heavy atom. The van der Waals surface area contributed by atoms with Crippen LogP contribution < -0.4 is 0 Å². The summed E-state index contributed by atoms with van der Waals surface area (Å²) in [6, 6.07) is 74.8. The van der Waals surface area contributed by atoms with E-state index in [4.69, 9.17) is 4.42 Å². The van der Waals surface area contributed by atoms with Crippen LogP contribution in [-0.4, -0.2) is 9.13 Å². The van der Waals surface area contributed by atoms with Gasteiger partial charge in [0.05, 0.1) is 22.1 Å². The lowest BCUT2D eigenvalue weighted by Crippen LogP contribution is -1.92. The molecule has 0 unspecified atom stereocenters. The molecule has 0 spiro atoms. The van der Waals surface area contributed by atoms with Gasteiger partial charge in [-0.15, -0.1) is 0 Å². The number of rotatable bonds is 4. The molecule has 3 heterocycles. The average molecular weight is 751 g/mol. The van der Waals surface area contributed by atoms with E-state index in [2.05, 4.69) is 215 Å². The molecule has 0 aliphatic heterocycles. The van der Waals surface area contributed by atoms with E-state index in [1.54, 1.807) is 0 Å². The quantitative estimate of drug-likeness (QED) is 0.176. The Hall–Kier alpha value is -7.88. The van der Waals surface area contributed by atoms with Crippen LogP contribution in [0.5, 0.6) is 0 Å². The van der Waals surface area contributed by atoms with Crippen LogP contribution in [0.15, 0.2) is 211 Å². The second kappa shape index (κ2) is 12.3. The average Bonchev–Trinajstić information content (AvgIpc) is 3.96. The molecule has 59 heavy (non-hydrogen) atoms. The minimum Gasteiger partial charge on any atom is -0.456 e. The van der Waals surface area contributed by atoms with Crippen LogP contribution in [-0.2, 0) is 0 Å². The summed E-state index contributed by atoms with van der Waals surface area (Å²) < 4.78 is 11.8. The highest BCUT2D eigenvalue weighted by Gasteiger charge is 2.21. The molecule has 0 N–H and O–H groups in total. The Morgan fingerprint density at radius 1 is 0.271 bits per heavy atom. The van der Waals surface area contributed by atoms with Crippen LogP contribution in [0.2, 0.25) is 0 Å². The molecule has 0 amide bonds. The first-order valence-electron chi connectivity index (χ1n) is 20.3. The van der Waals surface area contributed by atoms with Crippen molar-refractivity contribution in [2.75, 3.05) is 0 Å². The molecule has 0 saturated heterocycles. The number of aromatic nitrogens is 2. The van der Waals surface area contributed by atoms with Crippen molar-refractivity contribution in [1.82, 2.24) is 9.13 Å². The number of para-hydroxylation sites is 4. The number of nitrogens with zero attached hydrogens (tertiary/aromatic N) is 2. The molecule has 0 saturated carbocycles. The molecule has 13 aromatic rings. The molecule has 0 atom stereocenters. The second-order valence-corrected chi connectivity index (χ2v) is 15.6. The summed E-state index contributed by atoms with van der Waals surface area (Å²) in [5, 5.41) is 12.1. The van der Waals surface area contributed by atoms with Crippen LogP contribution in [0.1, 0.15) is 0 Å². The standard InChI is InChI=1S/C56H34N2O/c1-3-15-37(16-4-1)57-49-25-13-11-21-41(49)47-31-35(27-29-51(47)57)45-33-53-55(43-23-9-7-19-39(43)45)56-44-24-10-8-20-40(44)46(34-54(56)59-53)36-28-30-52-48(32-36)42-22-12-14-26-50(42)58(52)38-17-5-2-6-18-38/h1-34H. The van der Waals surface area contributed by atoms with Crippen LogP contribution in [0.3, 0.4) is 0 Å². The lowest BCUT2D eigenvalue weighted by molar-refractivity contribution is 0.670. The van der Waals surface area contributed by atoms with Crippen molar-refractivity contribution in [3.8, 4) is 33.6 Å². The number of furan rings is 1. The number of hydrogen-bond donors (Lipinski definition) is 0. The summed E-state index contributed by atoms with van der Waals surface area (Å²) in [6.07, 6.45) is 0. The summed E-state index contributed by atoms with van der Waals surface area (Å²) in [5.74, 6) is 0. The van der Waals surface area contributed by atoms with Crippen molar-refractivity contribution in [3.63, 3.8) is 0 Å². The molecule has 0 aliphatic rings. The third kappa shape index (κ3) is 4.64. The van der Waals surface area contributed by atoms with Crippen LogP contribution in [0.4, 0.5) is 0 Å². The van der Waals surface area contributed by atoms with E-state index in [0.29, 0.717) is 0 Å². The minimum atomic E-state index is 0.893. The topological polar surface area (TPSA) is 23.0 Å². The molecule has 3 aromatic heterocycles. The molecule has 0 bridgehead atoms. The van der Waals surface area contributed by atoms with Crippen LogP contribution >= 0.6 is 0 Å². The normalized spacial score (nSPS) is 12.1. The van der Waals surface area contributed by atoms with Crippen molar-refractivity contribution in [2.24, 2.45) is 0 Å². The Labute approximate surface area is 339 Å². The number of hydrogen-bond acceptors (Lipinski definition) is 1. The zero-order valence-corrected chi connectivity index (χ0v) is 31.9. The van der Waals surface area contributed by atoms with Gasteiger partial charge in [0.2, 0.25) is 0 Å². The Morgan fingerprint density at radius 2 is 0.627 bits per heavy atom. The third-order valence-electron chi connectivity index (χ3n) is 12.5. The maximum atomic E-state index is 7.02. The predicted molar refractivity (Wildman–Crippen MR) is 248 cm³/mol. The maximum Gasteiger partial charge on any atom is 0.136 e. The van der Waals surface area contributed by atoms with E-state index in [9.17, 15) is 0 Å². The van der Waals surface area contributed by atoms with Gasteiger partial charge < -0.3 is 13.6 Å². The van der Waals surface area contributed by atoms with Crippen molar-refractivity contribution in [3.05, 3.63) is 206 Å². The second-order valence-electron chi connectivity index (χ2n) is 15.6. The van der Waals surface area contributed by atoms with Crippen LogP contribution in [0.25, 0.3) is 121 Å². The molecule has 0 fully saturated rings. The van der Waals surface area contributed by atoms with Gasteiger partial charge in [-0.3, -0.25) is 0 Å². The minimum absolute atomic E-state index is 0.893. The van der Waals surface area contributed by atoms with Crippen molar-refractivity contribution >= 4 is 87.1 Å². The van der Waals surface area contributed by atoms with Gasteiger partial charge in [0.15, 0.2) is 0 Å². The highest BCUT2D eigenvalue weighted by Crippen LogP contribution is 2.46. The molecular formula is C56H34N2O. The molecule has 3 heteroatoms. The van der Waals surface area contributed by atoms with Gasteiger partial charge in [0.1, 0.15) is 11.2 Å². The van der Waals surface area contributed by atoms with E-state index in [1.165, 1.54) is 76.3 Å². The lowest BCUT2D eigenvalue weighted by Gasteiger charge is -2.11. The van der Waals surface area contributed by atoms with Gasteiger partial charge in [-0.05, 0) is 117 Å². The molecule has 3 nitrogen and oxygen atoms in total. The van der Waals surface area contributed by atoms with Gasteiger partial charge in [-0.2, -0.15) is 0 Å². The Kier molecular flexibility index (Phi) is 6.72. The Bertz CT molecular complexity index is 3580. The predicted octanol–water partition coefficient (Wildman–Crippen LogP) is 15.4. The van der Waals surface area contributed by atoms with Gasteiger partial charge in [-0.25, -0.2) is 0 Å². The summed E-state index contributed by atoms with van der Waals surface area (Å²) in [7, 11) is 0. The fourth-order valence-electron chi connectivity index (χ4n) is 9.96. The SMILES string of the molecule is c1ccc(-n2c3ccccc3c3cc(-c4cc5oc6cc(-c7ccc8c(c7)c7ccccc7n8-c7ccccc7)c7ccccc7c6c5c5ccccc45)ccc32)cc1. The molecular weight excluding hydrogens is 717 g/mol. The molecule has 10 aromatic carbocycles. The first-order valence-corrected chi connectivity index (χ1v) is 20.3. The van der Waals surface area contributed by atoms with Crippen LogP contribution in [0, 0.1) is 0 Å². The van der Waals surface area contributed by atoms with Gasteiger partial charge in [0, 0.05) is 43.7 Å². The first-order chi connectivity index (χ1) is 29.3. The maximum absolute atomic E-state index is 7.02. The van der Waals surface area contributed by atoms with Gasteiger partial charge in [0.25, 0.3) is 0 Å². The summed E-state index contributed by atoms with van der Waals surface area (Å²) in [4.78, 5) is 0. The van der Waals surface area contributed by atoms with Crippen molar-refractivity contribution in [2.45, 2.75) is 0 Å². The number of fused-ring (bicyclic) bond motifs is 13. The third-order valence-corrected chi connectivity index (χ3v) is 12.5. The van der Waals surface area contributed by atoms with Crippen molar-refractivity contribution in [1.29, 1.82) is 0 Å². The highest BCUT2D eigenvalue weighted by molar-refractivity contribution is 6.30. The fraction of sp³-hybridized carbons (Fsp3) is 0. The summed E-state index contributed by atoms with van der Waals surface area (Å²) in [5.41, 5.74) is 13.5. The fourth-order valence-corrected chi connectivity index (χ4v) is 9.96. The zero-order valence-electron chi connectivity index (χ0n) is 31.9. The van der Waals surface area contributed by atoms with Crippen molar-refractivity contribution < 1.29 is 4.42 Å². The molecule has 0 aliphatic carbocycles. The van der Waals surface area contributed by atoms with Gasteiger partial charge in [-0.1, -0.05) is 133 Å².